The van der Waals surface area contributed by atoms with Gasteiger partial charge >= 0.3 is 11.9 Å². The van der Waals surface area contributed by atoms with Gasteiger partial charge in [-0.1, -0.05) is 198 Å². The monoisotopic (exact) mass is 869 g/mol. The summed E-state index contributed by atoms with van der Waals surface area (Å²) in [5, 5.41) is 10.9. The van der Waals surface area contributed by atoms with Crippen LogP contribution in [0.1, 0.15) is 219 Å². The van der Waals surface area contributed by atoms with Crippen molar-refractivity contribution in [3.8, 4) is 0 Å². The zero-order chi connectivity index (χ0) is 44.2. The van der Waals surface area contributed by atoms with Crippen molar-refractivity contribution in [2.24, 2.45) is 0 Å². The number of hydrogen-bond acceptors (Lipinski definition) is 10. The van der Waals surface area contributed by atoms with Crippen LogP contribution in [-0.2, 0) is 37.5 Å². The number of phosphoric ester groups is 1. The minimum atomic E-state index is -4.96. The number of esters is 2. The fraction of sp³-hybridized carbons (Fsp3) is 0.812. The van der Waals surface area contributed by atoms with Crippen molar-refractivity contribution >= 4 is 25.7 Å². The maximum Gasteiger partial charge on any atom is 0.306 e. The first kappa shape index (κ1) is 57.7. The summed E-state index contributed by atoms with van der Waals surface area (Å²) in [5.41, 5.74) is 3.25. The Hall–Kier alpha value is -2.30. The van der Waals surface area contributed by atoms with E-state index in [9.17, 15) is 28.9 Å². The topological polar surface area (TPSA) is 179 Å². The second kappa shape index (κ2) is 43.4. The van der Waals surface area contributed by atoms with Crippen molar-refractivity contribution < 1.29 is 53.2 Å². The standard InChI is InChI=1S/C48H88NO10P/c1-3-5-7-9-11-13-15-17-19-20-21-22-23-24-26-27-29-31-33-35-37-39-46(50)56-41-44(42-57-60(54,55)58-43-45(49)48(52)53)59-47(51)40-38-36-34-32-30-28-25-18-16-14-12-10-8-6-4-2/h6,8,12,14,18,25,44-45H,3-5,7,9-11,13,15-17,19-24,26-43,49H2,1-2H3,(H,52,53)(H,54,55)/p-1/b8-6-,14-12-,25-18-/t44-,45+/m1/s1. The van der Waals surface area contributed by atoms with Crippen molar-refractivity contribution in [1.29, 1.82) is 0 Å². The molecule has 12 heteroatoms. The molecule has 0 aromatic heterocycles. The predicted octanol–water partition coefficient (Wildman–Crippen LogP) is 10.5. The van der Waals surface area contributed by atoms with Gasteiger partial charge in [0.1, 0.15) is 25.2 Å². The highest BCUT2D eigenvalue weighted by molar-refractivity contribution is 7.45. The summed E-state index contributed by atoms with van der Waals surface area (Å²) >= 11 is 0. The van der Waals surface area contributed by atoms with Gasteiger partial charge in [-0.25, -0.2) is 0 Å². The smallest absolute Gasteiger partial charge is 0.306 e. The molecule has 0 aliphatic heterocycles. The van der Waals surface area contributed by atoms with Gasteiger partial charge in [0.05, 0.1) is 6.61 Å². The van der Waals surface area contributed by atoms with E-state index >= 15 is 0 Å². The molecule has 0 aliphatic carbocycles. The molecule has 0 saturated heterocycles. The summed E-state index contributed by atoms with van der Waals surface area (Å²) in [6, 6.07) is -1.42. The fourth-order valence-corrected chi connectivity index (χ4v) is 7.46. The number of phosphoric acid groups is 1. The van der Waals surface area contributed by atoms with Crippen molar-refractivity contribution in [1.82, 2.24) is 0 Å². The lowest BCUT2D eigenvalue weighted by Gasteiger charge is -2.26. The van der Waals surface area contributed by atoms with Crippen molar-refractivity contribution in [2.45, 2.75) is 231 Å². The third-order valence-corrected chi connectivity index (χ3v) is 11.4. The van der Waals surface area contributed by atoms with Crippen molar-refractivity contribution in [3.05, 3.63) is 36.5 Å². The molecule has 1 unspecified atom stereocenters. The summed E-state index contributed by atoms with van der Waals surface area (Å²) in [4.78, 5) is 48.2. The van der Waals surface area contributed by atoms with Gasteiger partial charge in [0, 0.05) is 12.8 Å². The number of rotatable bonds is 45. The lowest BCUT2D eigenvalue weighted by atomic mass is 10.0. The summed E-state index contributed by atoms with van der Waals surface area (Å²) < 4.78 is 32.4. The molecule has 0 fully saturated rings. The maximum absolute atomic E-state index is 12.6. The minimum Gasteiger partial charge on any atom is -0.756 e. The van der Waals surface area contributed by atoms with E-state index in [2.05, 4.69) is 60.6 Å². The number of quaternary nitrogens is 1. The Bertz CT molecular complexity index is 1160. The summed E-state index contributed by atoms with van der Waals surface area (Å²) in [7, 11) is -4.96. The third-order valence-electron chi connectivity index (χ3n) is 10.4. The molecule has 0 aromatic carbocycles. The van der Waals surface area contributed by atoms with Gasteiger partial charge in [-0.05, 0) is 44.9 Å². The van der Waals surface area contributed by atoms with E-state index in [1.807, 2.05) is 0 Å². The van der Waals surface area contributed by atoms with Gasteiger partial charge in [0.25, 0.3) is 7.82 Å². The van der Waals surface area contributed by atoms with Crippen LogP contribution in [0.25, 0.3) is 0 Å². The molecule has 0 bridgehead atoms. The van der Waals surface area contributed by atoms with E-state index in [1.165, 1.54) is 109 Å². The Labute approximate surface area is 365 Å². The molecule has 0 heterocycles. The maximum atomic E-state index is 12.6. The Morgan fingerprint density at radius 2 is 0.933 bits per heavy atom. The molecule has 0 saturated carbocycles. The largest absolute Gasteiger partial charge is 0.756 e. The van der Waals surface area contributed by atoms with E-state index in [1.54, 1.807) is 0 Å². The third kappa shape index (κ3) is 42.4. The molecular formula is C48H87NO10P-. The van der Waals surface area contributed by atoms with Gasteiger partial charge < -0.3 is 39.0 Å². The van der Waals surface area contributed by atoms with E-state index in [-0.39, 0.29) is 19.4 Å². The van der Waals surface area contributed by atoms with Gasteiger partial charge in [-0.2, -0.15) is 0 Å². The van der Waals surface area contributed by atoms with Crippen LogP contribution in [0.15, 0.2) is 36.5 Å². The highest BCUT2D eigenvalue weighted by atomic mass is 31.2. The van der Waals surface area contributed by atoms with Gasteiger partial charge in [-0.15, -0.1) is 0 Å². The average Bonchev–Trinajstić information content (AvgIpc) is 3.22. The van der Waals surface area contributed by atoms with Crippen LogP contribution < -0.4 is 15.7 Å². The molecule has 0 rings (SSSR count). The first-order valence-corrected chi connectivity index (χ1v) is 25.5. The van der Waals surface area contributed by atoms with Crippen LogP contribution in [0.4, 0.5) is 0 Å². The average molecular weight is 869 g/mol. The first-order valence-electron chi connectivity index (χ1n) is 24.0. The lowest BCUT2D eigenvalue weighted by Crippen LogP contribution is -2.70. The van der Waals surface area contributed by atoms with Crippen LogP contribution in [-0.4, -0.2) is 49.9 Å². The molecule has 0 amide bonds. The quantitative estimate of drug-likeness (QED) is 0.0268. The highest BCUT2D eigenvalue weighted by Gasteiger charge is 2.22. The number of aliphatic carboxylic acids is 1. The van der Waals surface area contributed by atoms with Crippen LogP contribution in [0, 0.1) is 0 Å². The Balaban J connectivity index is 4.25. The molecule has 3 atom stereocenters. The second-order valence-corrected chi connectivity index (χ2v) is 17.7. The van der Waals surface area contributed by atoms with Gasteiger partial charge in [-0.3, -0.25) is 14.2 Å². The van der Waals surface area contributed by atoms with E-state index in [0.717, 1.165) is 70.6 Å². The normalized spacial score (nSPS) is 13.9. The fourth-order valence-electron chi connectivity index (χ4n) is 6.67. The molecule has 350 valence electrons. The molecule has 0 aliphatic rings. The number of ether oxygens (including phenoxy) is 2. The minimum absolute atomic E-state index is 0.129. The highest BCUT2D eigenvalue weighted by Crippen LogP contribution is 2.38. The van der Waals surface area contributed by atoms with Crippen LogP contribution in [0.2, 0.25) is 0 Å². The summed E-state index contributed by atoms with van der Waals surface area (Å²) in [5.74, 6) is -2.59. The molecule has 60 heavy (non-hydrogen) atoms. The van der Waals surface area contributed by atoms with Crippen LogP contribution in [0.3, 0.4) is 0 Å². The molecular weight excluding hydrogens is 781 g/mol. The predicted molar refractivity (Wildman–Crippen MR) is 239 cm³/mol. The van der Waals surface area contributed by atoms with Crippen molar-refractivity contribution in [2.75, 3.05) is 19.8 Å². The number of carbonyl (C=O) groups is 3. The number of carbonyl (C=O) groups excluding carboxylic acids is 3. The number of allylic oxidation sites excluding steroid dienone is 6. The van der Waals surface area contributed by atoms with Crippen LogP contribution >= 0.6 is 7.82 Å². The summed E-state index contributed by atoms with van der Waals surface area (Å²) in [6.45, 7) is 2.60. The van der Waals surface area contributed by atoms with Crippen molar-refractivity contribution in [3.63, 3.8) is 0 Å². The molecule has 11 nitrogen and oxygen atoms in total. The Morgan fingerprint density at radius 1 is 0.533 bits per heavy atom. The lowest BCUT2D eigenvalue weighted by molar-refractivity contribution is -0.441. The summed E-state index contributed by atoms with van der Waals surface area (Å²) in [6.07, 6.45) is 47.6. The van der Waals surface area contributed by atoms with Crippen LogP contribution in [0.5, 0.6) is 0 Å². The van der Waals surface area contributed by atoms with Gasteiger partial charge in [0.2, 0.25) is 0 Å². The Morgan fingerprint density at radius 3 is 1.40 bits per heavy atom. The number of hydrogen-bond donors (Lipinski definition) is 1. The second-order valence-electron chi connectivity index (χ2n) is 16.3. The Kier molecular flexibility index (Phi) is 41.7. The zero-order valence-electron chi connectivity index (χ0n) is 38.1. The molecule has 0 aromatic rings. The molecule has 0 spiro atoms. The van der Waals surface area contributed by atoms with Gasteiger partial charge in [0.15, 0.2) is 6.10 Å². The SMILES string of the molecule is CC/C=C\C/C=C\C/C=C\CCCCCCCC(=O)O[C@H](COC(=O)CCCCCCCCCCCCCCCCCCCCCCC)COP(=O)([O-])OC[C@H]([NH3+])C(=O)[O-]. The number of carboxylic acids is 1. The molecule has 0 radical (unpaired) electrons. The first-order chi connectivity index (χ1) is 29.1. The van der Waals surface area contributed by atoms with E-state index in [0.29, 0.717) is 12.8 Å². The number of unbranched alkanes of at least 4 members (excludes halogenated alkanes) is 25. The molecule has 3 N–H and O–H groups in total. The zero-order valence-corrected chi connectivity index (χ0v) is 39.0. The van der Waals surface area contributed by atoms with E-state index < -0.39 is 51.1 Å². The van der Waals surface area contributed by atoms with E-state index in [4.69, 9.17) is 14.0 Å². The number of carboxylic acid groups (broad SMARTS) is 1.